The number of para-hydroxylation sites is 1. The Balaban J connectivity index is 0.00000208. The summed E-state index contributed by atoms with van der Waals surface area (Å²) in [5.74, 6) is 0.564. The van der Waals surface area contributed by atoms with E-state index < -0.39 is 5.54 Å². The topological polar surface area (TPSA) is 59.2 Å². The normalized spacial score (nSPS) is 18.2. The second kappa shape index (κ2) is 7.81. The van der Waals surface area contributed by atoms with Crippen molar-refractivity contribution in [1.82, 2.24) is 9.88 Å². The molecular formula is C18H26ClN3OS. The van der Waals surface area contributed by atoms with E-state index in [4.69, 9.17) is 10.7 Å². The van der Waals surface area contributed by atoms with Gasteiger partial charge in [-0.2, -0.15) is 0 Å². The van der Waals surface area contributed by atoms with Gasteiger partial charge in [0.05, 0.1) is 20.8 Å². The maximum atomic E-state index is 12.6. The molecule has 1 atom stereocenters. The fourth-order valence-corrected chi connectivity index (χ4v) is 4.52. The van der Waals surface area contributed by atoms with Crippen molar-refractivity contribution >= 4 is 39.9 Å². The Hall–Kier alpha value is -1.17. The Morgan fingerprint density at radius 2 is 2.04 bits per heavy atom. The fourth-order valence-electron chi connectivity index (χ4n) is 3.38. The van der Waals surface area contributed by atoms with Crippen molar-refractivity contribution in [1.29, 1.82) is 0 Å². The quantitative estimate of drug-likeness (QED) is 0.890. The van der Waals surface area contributed by atoms with Crippen molar-refractivity contribution in [2.24, 2.45) is 5.73 Å². The van der Waals surface area contributed by atoms with Crippen LogP contribution in [0.15, 0.2) is 24.3 Å². The zero-order valence-corrected chi connectivity index (χ0v) is 16.0. The lowest BCUT2D eigenvalue weighted by atomic mass is 9.92. The number of thiazole rings is 1. The van der Waals surface area contributed by atoms with Crippen molar-refractivity contribution in [2.75, 3.05) is 13.1 Å². The van der Waals surface area contributed by atoms with Crippen molar-refractivity contribution in [2.45, 2.75) is 51.0 Å². The van der Waals surface area contributed by atoms with Crippen LogP contribution in [0, 0.1) is 0 Å². The van der Waals surface area contributed by atoms with Gasteiger partial charge >= 0.3 is 0 Å². The Bertz CT molecular complexity index is 659. The first kappa shape index (κ1) is 19.2. The number of rotatable bonds is 4. The number of piperidine rings is 1. The highest BCUT2D eigenvalue weighted by atomic mass is 35.5. The number of hydrogen-bond acceptors (Lipinski definition) is 4. The lowest BCUT2D eigenvalue weighted by Gasteiger charge is -2.36. The van der Waals surface area contributed by atoms with Crippen LogP contribution in [-0.4, -0.2) is 34.4 Å². The molecule has 6 heteroatoms. The molecule has 1 aromatic heterocycles. The third-order valence-electron chi connectivity index (χ3n) is 4.70. The van der Waals surface area contributed by atoms with Gasteiger partial charge in [0.1, 0.15) is 0 Å². The highest BCUT2D eigenvalue weighted by Gasteiger charge is 2.34. The molecule has 1 aromatic carbocycles. The summed E-state index contributed by atoms with van der Waals surface area (Å²) in [7, 11) is 0. The molecule has 2 heterocycles. The summed E-state index contributed by atoms with van der Waals surface area (Å²) in [6, 6.07) is 8.28. The van der Waals surface area contributed by atoms with Gasteiger partial charge in [-0.15, -0.1) is 23.7 Å². The van der Waals surface area contributed by atoms with Gasteiger partial charge in [0.15, 0.2) is 0 Å². The first-order chi connectivity index (χ1) is 11.0. The standard InChI is InChI=1S/C18H25N3OS.ClH/c1-3-10-18(2,19)17(22)21-11-8-13(9-12-21)16-20-14-6-4-5-7-15(14)23-16;/h4-7,13H,3,8-12,19H2,1-2H3;1H. The molecule has 1 aliphatic heterocycles. The van der Waals surface area contributed by atoms with Crippen molar-refractivity contribution in [3.8, 4) is 0 Å². The van der Waals surface area contributed by atoms with E-state index in [-0.39, 0.29) is 18.3 Å². The zero-order valence-electron chi connectivity index (χ0n) is 14.3. The predicted octanol–water partition coefficient (Wildman–Crippen LogP) is 3.94. The van der Waals surface area contributed by atoms with Gasteiger partial charge in [-0.3, -0.25) is 4.79 Å². The summed E-state index contributed by atoms with van der Waals surface area (Å²) in [4.78, 5) is 19.3. The molecule has 1 fully saturated rings. The van der Waals surface area contributed by atoms with Crippen LogP contribution in [0.25, 0.3) is 10.2 Å². The number of likely N-dealkylation sites (tertiary alicyclic amines) is 1. The van der Waals surface area contributed by atoms with Gasteiger partial charge in [0.25, 0.3) is 0 Å². The molecule has 2 aromatic rings. The minimum Gasteiger partial charge on any atom is -0.341 e. The van der Waals surface area contributed by atoms with Crippen LogP contribution < -0.4 is 5.73 Å². The predicted molar refractivity (Wildman–Crippen MR) is 103 cm³/mol. The van der Waals surface area contributed by atoms with E-state index in [1.165, 1.54) is 9.71 Å². The molecule has 2 N–H and O–H groups in total. The first-order valence-electron chi connectivity index (χ1n) is 8.45. The molecular weight excluding hydrogens is 342 g/mol. The highest BCUT2D eigenvalue weighted by molar-refractivity contribution is 7.18. The summed E-state index contributed by atoms with van der Waals surface area (Å²) in [5, 5.41) is 1.21. The SMILES string of the molecule is CCCC(C)(N)C(=O)N1CCC(c2nc3ccccc3s2)CC1.Cl. The smallest absolute Gasteiger partial charge is 0.242 e. The van der Waals surface area contributed by atoms with E-state index >= 15 is 0 Å². The highest BCUT2D eigenvalue weighted by Crippen LogP contribution is 2.34. The number of fused-ring (bicyclic) bond motifs is 1. The van der Waals surface area contributed by atoms with Gasteiger partial charge in [-0.1, -0.05) is 25.5 Å². The fraction of sp³-hybridized carbons (Fsp3) is 0.556. The Labute approximate surface area is 153 Å². The molecule has 1 saturated heterocycles. The maximum absolute atomic E-state index is 12.6. The molecule has 1 aliphatic rings. The van der Waals surface area contributed by atoms with Gasteiger partial charge in [-0.25, -0.2) is 4.98 Å². The van der Waals surface area contributed by atoms with Crippen LogP contribution in [-0.2, 0) is 4.79 Å². The molecule has 24 heavy (non-hydrogen) atoms. The minimum absolute atomic E-state index is 0. The summed E-state index contributed by atoms with van der Waals surface area (Å²) in [6.07, 6.45) is 3.63. The average Bonchev–Trinajstić information content (AvgIpc) is 2.98. The number of aromatic nitrogens is 1. The number of amides is 1. The first-order valence-corrected chi connectivity index (χ1v) is 9.26. The number of carbonyl (C=O) groups is 1. The Kier molecular flexibility index (Phi) is 6.23. The molecule has 1 unspecified atom stereocenters. The Morgan fingerprint density at radius 3 is 2.67 bits per heavy atom. The molecule has 3 rings (SSSR count). The zero-order chi connectivity index (χ0) is 16.4. The molecule has 1 amide bonds. The van der Waals surface area contributed by atoms with Crippen molar-refractivity contribution in [3.63, 3.8) is 0 Å². The molecule has 0 bridgehead atoms. The number of hydrogen-bond donors (Lipinski definition) is 1. The van der Waals surface area contributed by atoms with Gasteiger partial charge < -0.3 is 10.6 Å². The van der Waals surface area contributed by atoms with Gasteiger partial charge in [0, 0.05) is 19.0 Å². The third kappa shape index (κ3) is 3.90. The van der Waals surface area contributed by atoms with E-state index in [1.807, 2.05) is 17.9 Å². The van der Waals surface area contributed by atoms with Crippen LogP contribution in [0.4, 0.5) is 0 Å². The van der Waals surface area contributed by atoms with Gasteiger partial charge in [-0.05, 0) is 38.3 Å². The number of carbonyl (C=O) groups excluding carboxylic acids is 1. The van der Waals surface area contributed by atoms with E-state index in [9.17, 15) is 4.79 Å². The van der Waals surface area contributed by atoms with E-state index in [1.54, 1.807) is 11.3 Å². The van der Waals surface area contributed by atoms with Crippen LogP contribution in [0.3, 0.4) is 0 Å². The molecule has 0 aliphatic carbocycles. The molecule has 0 saturated carbocycles. The molecule has 0 radical (unpaired) electrons. The van der Waals surface area contributed by atoms with Gasteiger partial charge in [0.2, 0.25) is 5.91 Å². The third-order valence-corrected chi connectivity index (χ3v) is 5.90. The summed E-state index contributed by atoms with van der Waals surface area (Å²) in [6.45, 7) is 5.50. The monoisotopic (exact) mass is 367 g/mol. The second-order valence-corrected chi connectivity index (χ2v) is 7.82. The molecule has 132 valence electrons. The maximum Gasteiger partial charge on any atom is 0.242 e. The second-order valence-electron chi connectivity index (χ2n) is 6.75. The summed E-state index contributed by atoms with van der Waals surface area (Å²) >= 11 is 1.79. The van der Waals surface area contributed by atoms with Crippen molar-refractivity contribution in [3.05, 3.63) is 29.3 Å². The summed E-state index contributed by atoms with van der Waals surface area (Å²) < 4.78 is 1.25. The van der Waals surface area contributed by atoms with Crippen LogP contribution in [0.1, 0.15) is 50.5 Å². The molecule has 4 nitrogen and oxygen atoms in total. The average molecular weight is 368 g/mol. The largest absolute Gasteiger partial charge is 0.341 e. The molecule has 0 spiro atoms. The van der Waals surface area contributed by atoms with Crippen LogP contribution in [0.5, 0.6) is 0 Å². The van der Waals surface area contributed by atoms with E-state index in [0.717, 1.165) is 44.3 Å². The number of nitrogens with zero attached hydrogens (tertiary/aromatic N) is 2. The van der Waals surface area contributed by atoms with Crippen LogP contribution >= 0.6 is 23.7 Å². The Morgan fingerprint density at radius 1 is 1.38 bits per heavy atom. The lowest BCUT2D eigenvalue weighted by molar-refractivity contribution is -0.137. The summed E-state index contributed by atoms with van der Waals surface area (Å²) in [5.41, 5.74) is 6.56. The van der Waals surface area contributed by atoms with Crippen LogP contribution in [0.2, 0.25) is 0 Å². The van der Waals surface area contributed by atoms with E-state index in [2.05, 4.69) is 25.1 Å². The number of benzene rings is 1. The van der Waals surface area contributed by atoms with Crippen molar-refractivity contribution < 1.29 is 4.79 Å². The number of nitrogens with two attached hydrogens (primary N) is 1. The lowest BCUT2D eigenvalue weighted by Crippen LogP contribution is -2.54. The minimum atomic E-state index is -0.725. The van der Waals surface area contributed by atoms with E-state index in [0.29, 0.717) is 5.92 Å². The number of halogens is 1.